The molecular formula is C19H22N2O4S. The van der Waals surface area contributed by atoms with Crippen LogP contribution in [0.25, 0.3) is 0 Å². The predicted molar refractivity (Wildman–Crippen MR) is 99.4 cm³/mol. The number of benzene rings is 2. The Hall–Kier alpha value is -2.25. The Labute approximate surface area is 153 Å². The van der Waals surface area contributed by atoms with Crippen molar-refractivity contribution in [1.29, 1.82) is 0 Å². The van der Waals surface area contributed by atoms with Crippen LogP contribution in [0, 0.1) is 17.0 Å². The summed E-state index contributed by atoms with van der Waals surface area (Å²) in [6.45, 7) is 2.41. The molecule has 26 heavy (non-hydrogen) atoms. The maximum atomic E-state index is 13.3. The number of nitro groups is 1. The molecule has 6 nitrogen and oxygen atoms in total. The Kier molecular flexibility index (Phi) is 5.38. The molecule has 3 rings (SSSR count). The maximum Gasteiger partial charge on any atom is 0.270 e. The summed E-state index contributed by atoms with van der Waals surface area (Å²) < 4.78 is 28.1. The van der Waals surface area contributed by atoms with Crippen LogP contribution < -0.4 is 0 Å². The van der Waals surface area contributed by atoms with Gasteiger partial charge in [-0.15, -0.1) is 0 Å². The highest BCUT2D eigenvalue weighted by Gasteiger charge is 2.34. The standard InChI is InChI=1S/C19H22N2O4S/c1-15-9-11-16(12-10-15)19-8-3-2-4-13-20(19)26(24,25)18-7-5-6-17(14-18)21(22)23/h5-7,9-12,14,19H,2-4,8,13H2,1H3/t19-/m1/s1. The van der Waals surface area contributed by atoms with Crippen molar-refractivity contribution in [2.24, 2.45) is 0 Å². The van der Waals surface area contributed by atoms with E-state index in [-0.39, 0.29) is 16.6 Å². The molecule has 0 amide bonds. The van der Waals surface area contributed by atoms with Crippen LogP contribution in [0.4, 0.5) is 5.69 Å². The fourth-order valence-electron chi connectivity index (χ4n) is 3.38. The van der Waals surface area contributed by atoms with Gasteiger partial charge in [-0.25, -0.2) is 8.42 Å². The highest BCUT2D eigenvalue weighted by molar-refractivity contribution is 7.89. The smallest absolute Gasteiger partial charge is 0.258 e. The van der Waals surface area contributed by atoms with Crippen molar-refractivity contribution < 1.29 is 13.3 Å². The van der Waals surface area contributed by atoms with Gasteiger partial charge in [0.1, 0.15) is 0 Å². The van der Waals surface area contributed by atoms with Crippen molar-refractivity contribution in [2.45, 2.75) is 43.5 Å². The van der Waals surface area contributed by atoms with Crippen LogP contribution >= 0.6 is 0 Å². The molecule has 0 saturated carbocycles. The van der Waals surface area contributed by atoms with Crippen LogP contribution in [-0.4, -0.2) is 24.2 Å². The molecule has 1 aliphatic heterocycles. The number of aryl methyl sites for hydroxylation is 1. The van der Waals surface area contributed by atoms with Gasteiger partial charge in [-0.05, 0) is 31.4 Å². The fourth-order valence-corrected chi connectivity index (χ4v) is 5.11. The van der Waals surface area contributed by atoms with E-state index in [2.05, 4.69) is 0 Å². The lowest BCUT2D eigenvalue weighted by molar-refractivity contribution is -0.385. The van der Waals surface area contributed by atoms with E-state index in [1.807, 2.05) is 31.2 Å². The normalized spacial score (nSPS) is 19.0. The van der Waals surface area contributed by atoms with Crippen molar-refractivity contribution in [3.05, 3.63) is 69.8 Å². The van der Waals surface area contributed by atoms with Gasteiger partial charge in [0.05, 0.1) is 15.9 Å². The molecule has 0 radical (unpaired) electrons. The topological polar surface area (TPSA) is 80.5 Å². The highest BCUT2D eigenvalue weighted by atomic mass is 32.2. The third-order valence-electron chi connectivity index (χ3n) is 4.80. The van der Waals surface area contributed by atoms with Gasteiger partial charge in [0.2, 0.25) is 10.0 Å². The molecule has 0 aromatic heterocycles. The molecule has 2 aromatic carbocycles. The van der Waals surface area contributed by atoms with Crippen LogP contribution in [-0.2, 0) is 10.0 Å². The zero-order valence-electron chi connectivity index (χ0n) is 14.7. The first-order valence-electron chi connectivity index (χ1n) is 8.72. The molecule has 2 aromatic rings. The molecule has 0 unspecified atom stereocenters. The van der Waals surface area contributed by atoms with E-state index in [4.69, 9.17) is 0 Å². The van der Waals surface area contributed by atoms with Gasteiger partial charge >= 0.3 is 0 Å². The number of rotatable bonds is 4. The minimum Gasteiger partial charge on any atom is -0.258 e. The average molecular weight is 374 g/mol. The van der Waals surface area contributed by atoms with E-state index in [1.165, 1.54) is 22.5 Å². The van der Waals surface area contributed by atoms with Gasteiger partial charge in [-0.3, -0.25) is 10.1 Å². The number of nitro benzene ring substituents is 1. The Morgan fingerprint density at radius 3 is 2.50 bits per heavy atom. The van der Waals surface area contributed by atoms with Crippen molar-refractivity contribution in [3.63, 3.8) is 0 Å². The number of hydrogen-bond acceptors (Lipinski definition) is 4. The van der Waals surface area contributed by atoms with Crippen molar-refractivity contribution in [1.82, 2.24) is 4.31 Å². The van der Waals surface area contributed by atoms with Gasteiger partial charge in [0, 0.05) is 18.7 Å². The van der Waals surface area contributed by atoms with E-state index < -0.39 is 14.9 Å². The largest absolute Gasteiger partial charge is 0.270 e. The molecule has 0 spiro atoms. The third-order valence-corrected chi connectivity index (χ3v) is 6.71. The SMILES string of the molecule is Cc1ccc([C@H]2CCCCCN2S(=O)(=O)c2cccc([N+](=O)[O-])c2)cc1. The summed E-state index contributed by atoms with van der Waals surface area (Å²) in [6.07, 6.45) is 3.47. The van der Waals surface area contributed by atoms with E-state index in [9.17, 15) is 18.5 Å². The molecule has 0 bridgehead atoms. The molecule has 1 saturated heterocycles. The summed E-state index contributed by atoms with van der Waals surface area (Å²) in [6, 6.07) is 13.0. The Morgan fingerprint density at radius 2 is 1.81 bits per heavy atom. The van der Waals surface area contributed by atoms with E-state index >= 15 is 0 Å². The first-order chi connectivity index (χ1) is 12.4. The van der Waals surface area contributed by atoms with Crippen LogP contribution in [0.5, 0.6) is 0 Å². The number of nitrogens with zero attached hydrogens (tertiary/aromatic N) is 2. The second-order valence-corrected chi connectivity index (χ2v) is 8.54. The minimum absolute atomic E-state index is 0.0225. The molecule has 1 aliphatic rings. The second-order valence-electron chi connectivity index (χ2n) is 6.65. The van der Waals surface area contributed by atoms with Crippen LogP contribution in [0.3, 0.4) is 0 Å². The van der Waals surface area contributed by atoms with Crippen molar-refractivity contribution in [3.8, 4) is 0 Å². The fraction of sp³-hybridized carbons (Fsp3) is 0.368. The van der Waals surface area contributed by atoms with Gasteiger partial charge in [-0.2, -0.15) is 4.31 Å². The molecular weight excluding hydrogens is 352 g/mol. The molecule has 0 aliphatic carbocycles. The van der Waals surface area contributed by atoms with Crippen LogP contribution in [0.15, 0.2) is 53.4 Å². The van der Waals surface area contributed by atoms with Gasteiger partial charge in [0.15, 0.2) is 0 Å². The monoisotopic (exact) mass is 374 g/mol. The quantitative estimate of drug-likeness (QED) is 0.593. The van der Waals surface area contributed by atoms with E-state index in [0.29, 0.717) is 6.54 Å². The van der Waals surface area contributed by atoms with E-state index in [1.54, 1.807) is 0 Å². The summed E-state index contributed by atoms with van der Waals surface area (Å²) in [5.74, 6) is 0. The molecule has 1 heterocycles. The van der Waals surface area contributed by atoms with Gasteiger partial charge < -0.3 is 0 Å². The summed E-state index contributed by atoms with van der Waals surface area (Å²) in [4.78, 5) is 10.4. The Bertz CT molecular complexity index is 894. The van der Waals surface area contributed by atoms with E-state index in [0.717, 1.165) is 42.9 Å². The van der Waals surface area contributed by atoms with Crippen molar-refractivity contribution in [2.75, 3.05) is 6.54 Å². The predicted octanol–water partition coefficient (Wildman–Crippen LogP) is 4.21. The Morgan fingerprint density at radius 1 is 1.08 bits per heavy atom. The summed E-state index contributed by atoms with van der Waals surface area (Å²) >= 11 is 0. The summed E-state index contributed by atoms with van der Waals surface area (Å²) in [7, 11) is -3.82. The molecule has 1 atom stereocenters. The van der Waals surface area contributed by atoms with Crippen LogP contribution in [0.1, 0.15) is 42.9 Å². The van der Waals surface area contributed by atoms with Crippen molar-refractivity contribution >= 4 is 15.7 Å². The average Bonchev–Trinajstić information content (AvgIpc) is 2.89. The molecule has 1 fully saturated rings. The second kappa shape index (κ2) is 7.55. The first kappa shape index (κ1) is 18.5. The number of sulfonamides is 1. The molecule has 7 heteroatoms. The number of non-ortho nitro benzene ring substituents is 1. The lowest BCUT2D eigenvalue weighted by Crippen LogP contribution is -2.34. The highest BCUT2D eigenvalue weighted by Crippen LogP contribution is 2.35. The third kappa shape index (κ3) is 3.78. The zero-order chi connectivity index (χ0) is 18.7. The van der Waals surface area contributed by atoms with Crippen LogP contribution in [0.2, 0.25) is 0 Å². The first-order valence-corrected chi connectivity index (χ1v) is 10.2. The minimum atomic E-state index is -3.82. The Balaban J connectivity index is 2.03. The number of hydrogen-bond donors (Lipinski definition) is 0. The van der Waals surface area contributed by atoms with Gasteiger partial charge in [-0.1, -0.05) is 48.7 Å². The molecule has 138 valence electrons. The maximum absolute atomic E-state index is 13.3. The lowest BCUT2D eigenvalue weighted by atomic mass is 10.0. The zero-order valence-corrected chi connectivity index (χ0v) is 15.5. The van der Waals surface area contributed by atoms with Gasteiger partial charge in [0.25, 0.3) is 5.69 Å². The summed E-state index contributed by atoms with van der Waals surface area (Å²) in [5, 5.41) is 11.0. The molecule has 0 N–H and O–H groups in total. The lowest BCUT2D eigenvalue weighted by Gasteiger charge is -2.29. The summed E-state index contributed by atoms with van der Waals surface area (Å²) in [5.41, 5.74) is 1.87.